The molecular formula is C29H39Cl. The maximum Gasteiger partial charge on any atom is 0.0370 e. The maximum atomic E-state index is 6.76. The smallest absolute Gasteiger partial charge is 0.0370 e. The van der Waals surface area contributed by atoms with E-state index in [1.165, 1.54) is 42.4 Å². The molecule has 2 aliphatic rings. The van der Waals surface area contributed by atoms with Crippen LogP contribution in [0.25, 0.3) is 0 Å². The van der Waals surface area contributed by atoms with Crippen molar-refractivity contribution in [3.05, 3.63) is 84.0 Å². The van der Waals surface area contributed by atoms with Gasteiger partial charge in [-0.3, -0.25) is 0 Å². The zero-order valence-electron chi connectivity index (χ0n) is 18.9. The average Bonchev–Trinajstić information content (AvgIpc) is 3.11. The highest BCUT2D eigenvalue weighted by atomic mass is 35.5. The number of allylic oxidation sites excluding steroid dienone is 7. The fourth-order valence-electron chi connectivity index (χ4n) is 5.22. The Morgan fingerprint density at radius 1 is 1.20 bits per heavy atom. The second kappa shape index (κ2) is 11.8. The fraction of sp³-hybridized carbons (Fsp3) is 0.517. The van der Waals surface area contributed by atoms with Crippen LogP contribution >= 0.6 is 11.6 Å². The number of rotatable bonds is 10. The molecule has 0 nitrogen and oxygen atoms in total. The van der Waals surface area contributed by atoms with Crippen LogP contribution in [-0.4, -0.2) is 5.38 Å². The zero-order valence-corrected chi connectivity index (χ0v) is 19.7. The molecule has 0 bridgehead atoms. The summed E-state index contributed by atoms with van der Waals surface area (Å²) < 4.78 is 0. The Bertz CT molecular complexity index is 754. The van der Waals surface area contributed by atoms with Crippen molar-refractivity contribution in [1.29, 1.82) is 0 Å². The highest BCUT2D eigenvalue weighted by Gasteiger charge is 2.38. The van der Waals surface area contributed by atoms with Gasteiger partial charge in [0, 0.05) is 5.38 Å². The van der Waals surface area contributed by atoms with Crippen molar-refractivity contribution in [2.45, 2.75) is 70.6 Å². The van der Waals surface area contributed by atoms with E-state index in [0.717, 1.165) is 31.6 Å². The monoisotopic (exact) mass is 422 g/mol. The topological polar surface area (TPSA) is 0 Å². The third-order valence-electron chi connectivity index (χ3n) is 7.00. The number of unbranched alkanes of at least 4 members (excludes halogenated alkanes) is 1. The molecule has 0 aromatic heterocycles. The van der Waals surface area contributed by atoms with E-state index in [2.05, 4.69) is 81.1 Å². The third-order valence-corrected chi connectivity index (χ3v) is 7.55. The molecule has 1 saturated carbocycles. The molecule has 0 heterocycles. The van der Waals surface area contributed by atoms with Gasteiger partial charge in [-0.2, -0.15) is 0 Å². The summed E-state index contributed by atoms with van der Waals surface area (Å²) in [5, 5.41) is 0.339. The normalized spacial score (nSPS) is 27.4. The number of alkyl halides is 1. The van der Waals surface area contributed by atoms with Crippen LogP contribution < -0.4 is 0 Å². The molecule has 0 radical (unpaired) electrons. The lowest BCUT2D eigenvalue weighted by molar-refractivity contribution is 0.305. The van der Waals surface area contributed by atoms with Gasteiger partial charge in [0.1, 0.15) is 0 Å². The molecule has 0 spiro atoms. The number of benzene rings is 1. The first kappa shape index (κ1) is 23.1. The minimum absolute atomic E-state index is 0.339. The second-order valence-corrected chi connectivity index (χ2v) is 10.1. The van der Waals surface area contributed by atoms with Gasteiger partial charge in [0.25, 0.3) is 0 Å². The van der Waals surface area contributed by atoms with E-state index in [4.69, 9.17) is 11.6 Å². The van der Waals surface area contributed by atoms with Crippen LogP contribution in [0.15, 0.2) is 78.4 Å². The van der Waals surface area contributed by atoms with E-state index >= 15 is 0 Å². The largest absolute Gasteiger partial charge is 0.123 e. The quantitative estimate of drug-likeness (QED) is 0.201. The van der Waals surface area contributed by atoms with Crippen molar-refractivity contribution >= 4 is 11.6 Å². The Balaban J connectivity index is 1.50. The van der Waals surface area contributed by atoms with Gasteiger partial charge in [-0.05, 0) is 93.1 Å². The zero-order chi connectivity index (χ0) is 21.3. The van der Waals surface area contributed by atoms with Crippen LogP contribution in [0.4, 0.5) is 0 Å². The van der Waals surface area contributed by atoms with Gasteiger partial charge in [0.05, 0.1) is 0 Å². The minimum Gasteiger partial charge on any atom is -0.123 e. The van der Waals surface area contributed by atoms with E-state index < -0.39 is 0 Å². The van der Waals surface area contributed by atoms with Crippen molar-refractivity contribution in [3.63, 3.8) is 0 Å². The minimum atomic E-state index is 0.339. The van der Waals surface area contributed by atoms with Gasteiger partial charge in [-0.25, -0.2) is 0 Å². The van der Waals surface area contributed by atoms with Crippen LogP contribution in [0, 0.1) is 23.7 Å². The summed E-state index contributed by atoms with van der Waals surface area (Å²) in [5.41, 5.74) is 4.22. The summed E-state index contributed by atoms with van der Waals surface area (Å²) in [6.07, 6.45) is 21.6. The van der Waals surface area contributed by atoms with E-state index in [1.54, 1.807) is 0 Å². The maximum absolute atomic E-state index is 6.76. The van der Waals surface area contributed by atoms with Crippen LogP contribution in [0.1, 0.15) is 64.4 Å². The lowest BCUT2D eigenvalue weighted by Gasteiger charge is -2.29. The molecule has 30 heavy (non-hydrogen) atoms. The van der Waals surface area contributed by atoms with Crippen molar-refractivity contribution < 1.29 is 0 Å². The summed E-state index contributed by atoms with van der Waals surface area (Å²) in [6, 6.07) is 10.9. The van der Waals surface area contributed by atoms with Crippen molar-refractivity contribution in [3.8, 4) is 0 Å². The lowest BCUT2D eigenvalue weighted by Crippen LogP contribution is -2.22. The summed E-state index contributed by atoms with van der Waals surface area (Å²) in [5.74, 6) is 2.58. The van der Waals surface area contributed by atoms with Crippen LogP contribution in [0.3, 0.4) is 0 Å². The van der Waals surface area contributed by atoms with E-state index in [1.807, 2.05) is 0 Å². The third kappa shape index (κ3) is 6.74. The van der Waals surface area contributed by atoms with E-state index in [9.17, 15) is 0 Å². The molecule has 0 N–H and O–H groups in total. The highest BCUT2D eigenvalue weighted by molar-refractivity contribution is 6.21. The lowest BCUT2D eigenvalue weighted by atomic mass is 9.76. The molecule has 0 amide bonds. The van der Waals surface area contributed by atoms with Crippen LogP contribution in [0.2, 0.25) is 0 Å². The van der Waals surface area contributed by atoms with Gasteiger partial charge in [-0.1, -0.05) is 73.2 Å². The van der Waals surface area contributed by atoms with Crippen LogP contribution in [-0.2, 0) is 6.42 Å². The first-order valence-electron chi connectivity index (χ1n) is 11.9. The summed E-state index contributed by atoms with van der Waals surface area (Å²) in [7, 11) is 0. The average molecular weight is 423 g/mol. The molecule has 5 atom stereocenters. The van der Waals surface area contributed by atoms with Gasteiger partial charge in [0.15, 0.2) is 0 Å². The number of hydrogen-bond acceptors (Lipinski definition) is 0. The molecule has 1 fully saturated rings. The van der Waals surface area contributed by atoms with Gasteiger partial charge >= 0.3 is 0 Å². The standard InChI is InChI=1S/C29H39Cl/c1-22(2)11-7-4-5-10-14-28-27(19-20-29(28)30)26-17-15-25(16-18-26)23(3)21-24-12-8-6-9-13-24/h5-6,8-10,12-13,15-17,23,26-29H,1,4,7,11,14,18-21H2,2-3H3/b10-5-. The second-order valence-electron chi connectivity index (χ2n) is 9.53. The first-order chi connectivity index (χ1) is 14.5. The first-order valence-corrected chi connectivity index (χ1v) is 12.3. The van der Waals surface area contributed by atoms with Crippen molar-refractivity contribution in [1.82, 2.24) is 0 Å². The molecule has 0 saturated heterocycles. The molecule has 162 valence electrons. The Hall–Kier alpha value is -1.53. The Morgan fingerprint density at radius 2 is 2.00 bits per heavy atom. The van der Waals surface area contributed by atoms with Gasteiger partial charge in [-0.15, -0.1) is 18.2 Å². The predicted molar refractivity (Wildman–Crippen MR) is 133 cm³/mol. The molecule has 1 aromatic rings. The molecule has 1 aromatic carbocycles. The summed E-state index contributed by atoms with van der Waals surface area (Å²) in [4.78, 5) is 0. The Labute approximate surface area is 189 Å². The molecule has 0 aliphatic heterocycles. The SMILES string of the molecule is C=C(C)CCC/C=C\CC1C(Cl)CCC1C1C=CC(C(C)Cc2ccccc2)=CC1. The Morgan fingerprint density at radius 3 is 2.70 bits per heavy atom. The van der Waals surface area contributed by atoms with E-state index in [0.29, 0.717) is 23.1 Å². The van der Waals surface area contributed by atoms with Gasteiger partial charge < -0.3 is 0 Å². The number of hydrogen-bond donors (Lipinski definition) is 0. The van der Waals surface area contributed by atoms with Gasteiger partial charge in [0.2, 0.25) is 0 Å². The predicted octanol–water partition coefficient (Wildman–Crippen LogP) is 8.69. The summed E-state index contributed by atoms with van der Waals surface area (Å²) >= 11 is 6.76. The highest BCUT2D eigenvalue weighted by Crippen LogP contribution is 2.45. The molecule has 2 aliphatic carbocycles. The molecule has 3 rings (SSSR count). The number of halogens is 1. The summed E-state index contributed by atoms with van der Waals surface area (Å²) in [6.45, 7) is 8.46. The molecule has 1 heteroatoms. The van der Waals surface area contributed by atoms with E-state index in [-0.39, 0.29) is 0 Å². The molecular weight excluding hydrogens is 384 g/mol. The van der Waals surface area contributed by atoms with Crippen molar-refractivity contribution in [2.24, 2.45) is 23.7 Å². The Kier molecular flexibility index (Phi) is 9.06. The molecule has 5 unspecified atom stereocenters. The van der Waals surface area contributed by atoms with Crippen molar-refractivity contribution in [2.75, 3.05) is 0 Å². The van der Waals surface area contributed by atoms with Crippen LogP contribution in [0.5, 0.6) is 0 Å². The fourth-order valence-corrected chi connectivity index (χ4v) is 5.63.